The first-order valence-electron chi connectivity index (χ1n) is 8.70. The number of carbonyl (C=O) groups is 2. The van der Waals surface area contributed by atoms with Crippen LogP contribution in [0.25, 0.3) is 0 Å². The van der Waals surface area contributed by atoms with Crippen LogP contribution in [0.15, 0.2) is 42.5 Å². The zero-order valence-electron chi connectivity index (χ0n) is 16.1. The summed E-state index contributed by atoms with van der Waals surface area (Å²) >= 11 is 0. The fourth-order valence-corrected chi connectivity index (χ4v) is 2.74. The lowest BCUT2D eigenvalue weighted by Gasteiger charge is -2.19. The molecule has 0 spiro atoms. The van der Waals surface area contributed by atoms with Crippen LogP contribution in [0.2, 0.25) is 0 Å². The lowest BCUT2D eigenvalue weighted by molar-refractivity contribution is -0.384. The van der Waals surface area contributed by atoms with Crippen molar-refractivity contribution in [3.63, 3.8) is 0 Å². The van der Waals surface area contributed by atoms with Gasteiger partial charge in [-0.05, 0) is 23.8 Å². The van der Waals surface area contributed by atoms with Crippen molar-refractivity contribution in [1.29, 1.82) is 0 Å². The number of rotatable bonds is 8. The topological polar surface area (TPSA) is 145 Å². The number of alkyl halides is 3. The average molecular weight is 441 g/mol. The maximum absolute atomic E-state index is 12.6. The largest absolute Gasteiger partial charge is 0.496 e. The molecule has 9 nitrogen and oxygen atoms in total. The van der Waals surface area contributed by atoms with Crippen LogP contribution in [0.1, 0.15) is 22.8 Å². The minimum Gasteiger partial charge on any atom is -0.496 e. The summed E-state index contributed by atoms with van der Waals surface area (Å²) in [5.74, 6) is -1.89. The maximum atomic E-state index is 12.6. The Morgan fingerprint density at radius 3 is 2.32 bits per heavy atom. The summed E-state index contributed by atoms with van der Waals surface area (Å²) in [7, 11) is 1.30. The number of primary amides is 1. The Kier molecular flexibility index (Phi) is 7.18. The molecule has 2 atom stereocenters. The normalized spacial score (nSPS) is 13.2. The van der Waals surface area contributed by atoms with Crippen molar-refractivity contribution in [1.82, 2.24) is 5.32 Å². The van der Waals surface area contributed by atoms with Gasteiger partial charge < -0.3 is 20.9 Å². The fourth-order valence-electron chi connectivity index (χ4n) is 2.74. The van der Waals surface area contributed by atoms with Gasteiger partial charge in [0.2, 0.25) is 5.91 Å². The molecule has 0 aliphatic rings. The van der Waals surface area contributed by atoms with E-state index in [1.54, 1.807) is 0 Å². The molecule has 2 aromatic carbocycles. The van der Waals surface area contributed by atoms with Crippen LogP contribution in [-0.4, -0.2) is 35.0 Å². The van der Waals surface area contributed by atoms with Gasteiger partial charge >= 0.3 is 6.18 Å². The van der Waals surface area contributed by atoms with Crippen LogP contribution in [-0.2, 0) is 22.2 Å². The molecule has 4 N–H and O–H groups in total. The number of ether oxygens (including phenoxy) is 1. The molecule has 2 aromatic rings. The number of hydrogen-bond acceptors (Lipinski definition) is 6. The van der Waals surface area contributed by atoms with E-state index in [0.717, 1.165) is 18.2 Å². The molecule has 0 saturated carbocycles. The smallest absolute Gasteiger partial charge is 0.416 e. The van der Waals surface area contributed by atoms with Crippen LogP contribution in [0, 0.1) is 10.1 Å². The third-order valence-corrected chi connectivity index (χ3v) is 4.36. The second-order valence-electron chi connectivity index (χ2n) is 6.44. The molecular formula is C19H18F3N3O6. The molecule has 2 rings (SSSR count). The van der Waals surface area contributed by atoms with Crippen molar-refractivity contribution in [3.8, 4) is 5.75 Å². The Balaban J connectivity index is 2.20. The van der Waals surface area contributed by atoms with Crippen LogP contribution < -0.4 is 15.8 Å². The quantitative estimate of drug-likeness (QED) is 0.421. The lowest BCUT2D eigenvalue weighted by Crippen LogP contribution is -2.47. The van der Waals surface area contributed by atoms with Crippen LogP contribution in [0.5, 0.6) is 5.75 Å². The van der Waals surface area contributed by atoms with Gasteiger partial charge in [-0.15, -0.1) is 0 Å². The summed E-state index contributed by atoms with van der Waals surface area (Å²) in [5.41, 5.74) is 4.11. The van der Waals surface area contributed by atoms with E-state index in [1.807, 2.05) is 0 Å². The van der Waals surface area contributed by atoms with E-state index in [4.69, 9.17) is 10.5 Å². The number of halogens is 3. The molecule has 2 amide bonds. The van der Waals surface area contributed by atoms with E-state index in [9.17, 15) is 38.0 Å². The molecule has 0 unspecified atom stereocenters. The molecule has 0 aliphatic heterocycles. The highest BCUT2D eigenvalue weighted by Crippen LogP contribution is 2.30. The minimum absolute atomic E-state index is 0.137. The third kappa shape index (κ3) is 5.92. The molecule has 0 heterocycles. The van der Waals surface area contributed by atoms with Gasteiger partial charge in [0.1, 0.15) is 11.8 Å². The van der Waals surface area contributed by atoms with Gasteiger partial charge in [-0.3, -0.25) is 19.7 Å². The Hall–Kier alpha value is -3.67. The minimum atomic E-state index is -4.58. The zero-order chi connectivity index (χ0) is 23.3. The monoisotopic (exact) mass is 441 g/mol. The molecular weight excluding hydrogens is 423 g/mol. The van der Waals surface area contributed by atoms with Gasteiger partial charge in [-0.2, -0.15) is 13.2 Å². The first kappa shape index (κ1) is 23.6. The number of nitrogens with one attached hydrogen (secondary N) is 1. The lowest BCUT2D eigenvalue weighted by atomic mass is 10.0. The van der Waals surface area contributed by atoms with E-state index in [0.29, 0.717) is 12.1 Å². The number of hydrogen-bond donors (Lipinski definition) is 3. The Bertz CT molecular complexity index is 979. The SMILES string of the molecule is COc1ccc([N+](=O)[O-])cc1C[C@@H](NC(=O)[C@H](O)c1ccc(C(F)(F)F)cc1)C(N)=O. The Morgan fingerprint density at radius 2 is 1.84 bits per heavy atom. The van der Waals surface area contributed by atoms with Crippen LogP contribution in [0.4, 0.5) is 18.9 Å². The van der Waals surface area contributed by atoms with Crippen LogP contribution >= 0.6 is 0 Å². The Morgan fingerprint density at radius 1 is 1.23 bits per heavy atom. The number of non-ortho nitro benzene ring substituents is 1. The predicted octanol–water partition coefficient (Wildman–Crippen LogP) is 1.87. The van der Waals surface area contributed by atoms with E-state index < -0.39 is 40.6 Å². The first-order valence-corrected chi connectivity index (χ1v) is 8.70. The highest BCUT2D eigenvalue weighted by atomic mass is 19.4. The third-order valence-electron chi connectivity index (χ3n) is 4.36. The number of nitro groups is 1. The summed E-state index contributed by atoms with van der Waals surface area (Å²) < 4.78 is 43.0. The number of amides is 2. The summed E-state index contributed by atoms with van der Waals surface area (Å²) in [6, 6.07) is 5.52. The summed E-state index contributed by atoms with van der Waals surface area (Å²) in [6.07, 6.45) is -6.75. The predicted molar refractivity (Wildman–Crippen MR) is 101 cm³/mol. The zero-order valence-corrected chi connectivity index (χ0v) is 16.1. The molecule has 0 bridgehead atoms. The summed E-state index contributed by atoms with van der Waals surface area (Å²) in [6.45, 7) is 0. The molecule has 0 aliphatic carbocycles. The molecule has 12 heteroatoms. The highest BCUT2D eigenvalue weighted by molar-refractivity contribution is 5.89. The fraction of sp³-hybridized carbons (Fsp3) is 0.263. The summed E-state index contributed by atoms with van der Waals surface area (Å²) in [5, 5.41) is 23.3. The van der Waals surface area contributed by atoms with E-state index >= 15 is 0 Å². The van der Waals surface area contributed by atoms with E-state index in [2.05, 4.69) is 5.32 Å². The highest BCUT2D eigenvalue weighted by Gasteiger charge is 2.31. The number of methoxy groups -OCH3 is 1. The maximum Gasteiger partial charge on any atom is 0.416 e. The molecule has 0 fully saturated rings. The van der Waals surface area contributed by atoms with Crippen molar-refractivity contribution < 1.29 is 37.5 Å². The molecule has 31 heavy (non-hydrogen) atoms. The van der Waals surface area contributed by atoms with Gasteiger partial charge in [-0.25, -0.2) is 0 Å². The van der Waals surface area contributed by atoms with Crippen molar-refractivity contribution in [3.05, 3.63) is 69.3 Å². The van der Waals surface area contributed by atoms with Gasteiger partial charge in [0.25, 0.3) is 11.6 Å². The first-order chi connectivity index (χ1) is 14.4. The second kappa shape index (κ2) is 9.43. The van der Waals surface area contributed by atoms with Crippen molar-refractivity contribution in [2.24, 2.45) is 5.73 Å². The van der Waals surface area contributed by atoms with Gasteiger partial charge in [0, 0.05) is 24.1 Å². The number of nitro benzene ring substituents is 1. The number of aliphatic hydroxyl groups excluding tert-OH is 1. The number of aliphatic hydroxyl groups is 1. The summed E-state index contributed by atoms with van der Waals surface area (Å²) in [4.78, 5) is 34.5. The van der Waals surface area contributed by atoms with Crippen molar-refractivity contribution in [2.75, 3.05) is 7.11 Å². The second-order valence-corrected chi connectivity index (χ2v) is 6.44. The number of carbonyl (C=O) groups excluding carboxylic acids is 2. The molecule has 166 valence electrons. The van der Waals surface area contributed by atoms with E-state index in [-0.39, 0.29) is 29.0 Å². The van der Waals surface area contributed by atoms with E-state index in [1.165, 1.54) is 19.2 Å². The van der Waals surface area contributed by atoms with Gasteiger partial charge in [-0.1, -0.05) is 12.1 Å². The van der Waals surface area contributed by atoms with Crippen molar-refractivity contribution >= 4 is 17.5 Å². The molecule has 0 saturated heterocycles. The van der Waals surface area contributed by atoms with Crippen molar-refractivity contribution in [2.45, 2.75) is 24.7 Å². The number of nitrogens with two attached hydrogens (primary N) is 1. The standard InChI is InChI=1S/C19H18F3N3O6/c1-31-15-7-6-13(25(29)30)8-11(15)9-14(17(23)27)24-18(28)16(26)10-2-4-12(5-3-10)19(20,21)22/h2-8,14,16,26H,9H2,1H3,(H2,23,27)(H,24,28)/t14-,16-/m1/s1. The number of nitrogens with zero attached hydrogens (tertiary/aromatic N) is 1. The number of benzene rings is 2. The van der Waals surface area contributed by atoms with Gasteiger partial charge in [0.15, 0.2) is 6.10 Å². The van der Waals surface area contributed by atoms with Gasteiger partial charge in [0.05, 0.1) is 17.6 Å². The molecule has 0 radical (unpaired) electrons. The van der Waals surface area contributed by atoms with Crippen LogP contribution in [0.3, 0.4) is 0 Å². The Labute approximate surface area is 173 Å². The molecule has 0 aromatic heterocycles. The average Bonchev–Trinajstić information content (AvgIpc) is 2.71.